The van der Waals surface area contributed by atoms with E-state index in [0.717, 1.165) is 44.0 Å². The highest BCUT2D eigenvalue weighted by molar-refractivity contribution is 5.29. The Labute approximate surface area is 166 Å². The van der Waals surface area contributed by atoms with Gasteiger partial charge in [-0.25, -0.2) is 4.39 Å². The van der Waals surface area contributed by atoms with Crippen LogP contribution < -0.4 is 9.47 Å². The first kappa shape index (κ1) is 19.2. The third-order valence-corrected chi connectivity index (χ3v) is 6.07. The van der Waals surface area contributed by atoms with Crippen molar-refractivity contribution in [1.82, 2.24) is 9.80 Å². The van der Waals surface area contributed by atoms with Crippen molar-refractivity contribution >= 4 is 0 Å². The molecular weight excluding hydrogens is 355 g/mol. The number of hydrogen-bond acceptors (Lipinski definition) is 4. The molecule has 0 amide bonds. The smallest absolute Gasteiger partial charge is 0.165 e. The zero-order chi connectivity index (χ0) is 19.5. The molecule has 0 spiro atoms. The maximum atomic E-state index is 14.1. The second kappa shape index (κ2) is 8.50. The van der Waals surface area contributed by atoms with E-state index in [1.807, 2.05) is 18.2 Å². The molecule has 2 atom stereocenters. The number of fused-ring (bicyclic) bond motifs is 4. The van der Waals surface area contributed by atoms with E-state index in [1.165, 1.54) is 25.5 Å². The molecule has 2 bridgehead atoms. The van der Waals surface area contributed by atoms with Crippen LogP contribution in [0.25, 0.3) is 0 Å². The summed E-state index contributed by atoms with van der Waals surface area (Å²) in [5.41, 5.74) is 2.35. The standard InChI is InChI=1S/C23H29FN2O2/c1-27-21-8-4-17(5-9-21)12-25-13-19-3-7-20(16-25)26(15-19)14-18-6-10-23(28-2)22(24)11-18/h4-6,8-11,19-20H,3,7,12-16H2,1-2H3/t19-,20+/m0/s1. The van der Waals surface area contributed by atoms with Crippen LogP contribution >= 0.6 is 0 Å². The van der Waals surface area contributed by atoms with Crippen molar-refractivity contribution in [1.29, 1.82) is 0 Å². The maximum Gasteiger partial charge on any atom is 0.165 e. The fourth-order valence-corrected chi connectivity index (χ4v) is 4.63. The Morgan fingerprint density at radius 2 is 1.68 bits per heavy atom. The summed E-state index contributed by atoms with van der Waals surface area (Å²) in [6.07, 6.45) is 2.51. The van der Waals surface area contributed by atoms with Gasteiger partial charge in [-0.05, 0) is 54.2 Å². The van der Waals surface area contributed by atoms with E-state index in [-0.39, 0.29) is 5.82 Å². The molecule has 0 aromatic heterocycles. The molecule has 3 heterocycles. The highest BCUT2D eigenvalue weighted by atomic mass is 19.1. The summed E-state index contributed by atoms with van der Waals surface area (Å²) in [7, 11) is 3.20. The Bertz CT molecular complexity index is 796. The van der Waals surface area contributed by atoms with E-state index in [1.54, 1.807) is 19.2 Å². The van der Waals surface area contributed by atoms with Crippen LogP contribution in [0.15, 0.2) is 42.5 Å². The van der Waals surface area contributed by atoms with Crippen LogP contribution in [0.4, 0.5) is 4.39 Å². The van der Waals surface area contributed by atoms with Gasteiger partial charge in [0.15, 0.2) is 11.6 Å². The number of nitrogens with zero attached hydrogens (tertiary/aromatic N) is 2. The first-order valence-corrected chi connectivity index (χ1v) is 10.1. The fourth-order valence-electron chi connectivity index (χ4n) is 4.63. The molecule has 0 saturated carbocycles. The summed E-state index contributed by atoms with van der Waals surface area (Å²) < 4.78 is 24.4. The average molecular weight is 384 g/mol. The van der Waals surface area contributed by atoms with Gasteiger partial charge in [0, 0.05) is 38.8 Å². The van der Waals surface area contributed by atoms with Crippen LogP contribution in [0, 0.1) is 11.7 Å². The minimum atomic E-state index is -0.277. The van der Waals surface area contributed by atoms with Gasteiger partial charge in [0.25, 0.3) is 0 Å². The summed E-state index contributed by atoms with van der Waals surface area (Å²) in [5, 5.41) is 0. The topological polar surface area (TPSA) is 24.9 Å². The monoisotopic (exact) mass is 384 g/mol. The van der Waals surface area contributed by atoms with E-state index in [2.05, 4.69) is 21.9 Å². The molecule has 0 radical (unpaired) electrons. The lowest BCUT2D eigenvalue weighted by Gasteiger charge is -2.36. The summed E-state index contributed by atoms with van der Waals surface area (Å²) in [6.45, 7) is 5.08. The second-order valence-corrected chi connectivity index (χ2v) is 8.04. The van der Waals surface area contributed by atoms with Crippen LogP contribution in [0.1, 0.15) is 24.0 Å². The second-order valence-electron chi connectivity index (χ2n) is 8.04. The number of hydrogen-bond donors (Lipinski definition) is 0. The average Bonchev–Trinajstić information content (AvgIpc) is 2.99. The van der Waals surface area contributed by atoms with E-state index in [0.29, 0.717) is 17.7 Å². The lowest BCUT2D eigenvalue weighted by atomic mass is 9.94. The molecule has 0 unspecified atom stereocenters. The summed E-state index contributed by atoms with van der Waals surface area (Å²) in [6, 6.07) is 14.2. The van der Waals surface area contributed by atoms with Gasteiger partial charge in [-0.3, -0.25) is 9.80 Å². The zero-order valence-corrected chi connectivity index (χ0v) is 16.7. The van der Waals surface area contributed by atoms with Crippen molar-refractivity contribution in [3.8, 4) is 11.5 Å². The number of halogens is 1. The molecule has 2 aromatic rings. The van der Waals surface area contributed by atoms with Gasteiger partial charge in [-0.1, -0.05) is 18.2 Å². The van der Waals surface area contributed by atoms with Crippen LogP contribution in [-0.2, 0) is 13.1 Å². The van der Waals surface area contributed by atoms with Gasteiger partial charge in [0.2, 0.25) is 0 Å². The van der Waals surface area contributed by atoms with Gasteiger partial charge in [0.1, 0.15) is 5.75 Å². The minimum Gasteiger partial charge on any atom is -0.497 e. The molecule has 3 aliphatic rings. The maximum absolute atomic E-state index is 14.1. The Hall–Kier alpha value is -2.11. The summed E-state index contributed by atoms with van der Waals surface area (Å²) in [4.78, 5) is 5.13. The SMILES string of the molecule is COc1ccc(CN2C[C@@H]3CC[C@H](C2)N(Cc2ccc(OC)c(F)c2)C3)cc1. The van der Waals surface area contributed by atoms with Gasteiger partial charge < -0.3 is 9.47 Å². The molecule has 150 valence electrons. The normalized spacial score (nSPS) is 22.8. The Morgan fingerprint density at radius 1 is 0.893 bits per heavy atom. The number of piperidine rings is 1. The van der Waals surface area contributed by atoms with Crippen molar-refractivity contribution in [2.45, 2.75) is 32.0 Å². The lowest BCUT2D eigenvalue weighted by Crippen LogP contribution is -2.43. The Kier molecular flexibility index (Phi) is 5.83. The zero-order valence-electron chi connectivity index (χ0n) is 16.7. The molecule has 3 fully saturated rings. The molecule has 4 nitrogen and oxygen atoms in total. The highest BCUT2D eigenvalue weighted by Gasteiger charge is 2.34. The number of rotatable bonds is 6. The predicted molar refractivity (Wildman–Crippen MR) is 108 cm³/mol. The molecule has 2 aromatic carbocycles. The Balaban J connectivity index is 1.42. The molecular formula is C23H29FN2O2. The van der Waals surface area contributed by atoms with Crippen LogP contribution in [0.5, 0.6) is 11.5 Å². The number of benzene rings is 2. The van der Waals surface area contributed by atoms with E-state index >= 15 is 0 Å². The van der Waals surface area contributed by atoms with Gasteiger partial charge in [-0.2, -0.15) is 0 Å². The molecule has 3 saturated heterocycles. The lowest BCUT2D eigenvalue weighted by molar-refractivity contribution is 0.123. The van der Waals surface area contributed by atoms with Crippen molar-refractivity contribution in [3.63, 3.8) is 0 Å². The number of ether oxygens (including phenoxy) is 2. The largest absolute Gasteiger partial charge is 0.497 e. The van der Waals surface area contributed by atoms with Gasteiger partial charge in [-0.15, -0.1) is 0 Å². The third kappa shape index (κ3) is 4.31. The van der Waals surface area contributed by atoms with Gasteiger partial charge in [0.05, 0.1) is 14.2 Å². The van der Waals surface area contributed by atoms with Crippen LogP contribution in [0.3, 0.4) is 0 Å². The third-order valence-electron chi connectivity index (χ3n) is 6.07. The van der Waals surface area contributed by atoms with Gasteiger partial charge >= 0.3 is 0 Å². The van der Waals surface area contributed by atoms with Crippen molar-refractivity contribution < 1.29 is 13.9 Å². The Morgan fingerprint density at radius 3 is 2.39 bits per heavy atom. The molecule has 0 N–H and O–H groups in total. The van der Waals surface area contributed by atoms with E-state index in [9.17, 15) is 4.39 Å². The number of methoxy groups -OCH3 is 2. The first-order chi connectivity index (χ1) is 13.6. The van der Waals surface area contributed by atoms with Crippen molar-refractivity contribution in [2.24, 2.45) is 5.92 Å². The highest BCUT2D eigenvalue weighted by Crippen LogP contribution is 2.30. The first-order valence-electron chi connectivity index (χ1n) is 10.1. The van der Waals surface area contributed by atoms with E-state index < -0.39 is 0 Å². The molecule has 3 aliphatic heterocycles. The summed E-state index contributed by atoms with van der Waals surface area (Å²) >= 11 is 0. The molecule has 28 heavy (non-hydrogen) atoms. The summed E-state index contributed by atoms with van der Waals surface area (Å²) in [5.74, 6) is 1.62. The molecule has 5 heteroatoms. The van der Waals surface area contributed by atoms with E-state index in [4.69, 9.17) is 9.47 Å². The van der Waals surface area contributed by atoms with Crippen LogP contribution in [-0.4, -0.2) is 49.7 Å². The molecule has 0 aliphatic carbocycles. The van der Waals surface area contributed by atoms with Crippen molar-refractivity contribution in [2.75, 3.05) is 33.9 Å². The quantitative estimate of drug-likeness (QED) is 0.753. The fraction of sp³-hybridized carbons (Fsp3) is 0.478. The van der Waals surface area contributed by atoms with Crippen molar-refractivity contribution in [3.05, 3.63) is 59.4 Å². The molecule has 5 rings (SSSR count). The minimum absolute atomic E-state index is 0.277. The van der Waals surface area contributed by atoms with Crippen LogP contribution in [0.2, 0.25) is 0 Å². The predicted octanol–water partition coefficient (Wildman–Crippen LogP) is 3.94.